The second-order valence-electron chi connectivity index (χ2n) is 3.68. The fraction of sp³-hybridized carbons (Fsp3) is 0.357. The number of allylic oxidation sites excluding steroid dienone is 1. The number of esters is 2. The van der Waals surface area contributed by atoms with Crippen molar-refractivity contribution in [2.45, 2.75) is 20.0 Å². The normalized spacial score (nSPS) is 10.9. The van der Waals surface area contributed by atoms with Crippen molar-refractivity contribution >= 4 is 28.8 Å². The van der Waals surface area contributed by atoms with E-state index in [0.29, 0.717) is 5.56 Å². The summed E-state index contributed by atoms with van der Waals surface area (Å²) in [5, 5.41) is 12.6. The maximum absolute atomic E-state index is 11.7. The number of ether oxygens (including phenoxy) is 3. The molecule has 0 aliphatic rings. The highest BCUT2D eigenvalue weighted by Crippen LogP contribution is 2.17. The van der Waals surface area contributed by atoms with Gasteiger partial charge in [0, 0.05) is 5.56 Å². The van der Waals surface area contributed by atoms with Gasteiger partial charge in [0.15, 0.2) is 0 Å². The van der Waals surface area contributed by atoms with Gasteiger partial charge in [-0.2, -0.15) is 16.6 Å². The Labute approximate surface area is 126 Å². The number of rotatable bonds is 7. The van der Waals surface area contributed by atoms with Gasteiger partial charge in [-0.3, -0.25) is 0 Å². The van der Waals surface area contributed by atoms with Gasteiger partial charge in [0.05, 0.1) is 18.8 Å². The SMILES string of the molecule is CCOC(=O)C(O/C=C(/C#N)c1ccsc1)C(=O)OCC. The van der Waals surface area contributed by atoms with Crippen LogP contribution in [0.3, 0.4) is 0 Å². The molecule has 21 heavy (non-hydrogen) atoms. The fourth-order valence-electron chi connectivity index (χ4n) is 1.36. The first-order valence-corrected chi connectivity index (χ1v) is 7.19. The molecule has 7 heteroatoms. The summed E-state index contributed by atoms with van der Waals surface area (Å²) in [6, 6.07) is 3.67. The Balaban J connectivity index is 2.87. The number of hydrogen-bond donors (Lipinski definition) is 0. The molecule has 0 spiro atoms. The monoisotopic (exact) mass is 309 g/mol. The molecule has 0 saturated carbocycles. The molecule has 6 nitrogen and oxygen atoms in total. The zero-order chi connectivity index (χ0) is 15.7. The maximum Gasteiger partial charge on any atom is 0.359 e. The summed E-state index contributed by atoms with van der Waals surface area (Å²) in [7, 11) is 0. The number of nitrogens with zero attached hydrogens (tertiary/aromatic N) is 1. The lowest BCUT2D eigenvalue weighted by Crippen LogP contribution is -2.35. The van der Waals surface area contributed by atoms with E-state index < -0.39 is 18.0 Å². The first-order chi connectivity index (χ1) is 10.1. The van der Waals surface area contributed by atoms with Crippen LogP contribution in [0.4, 0.5) is 0 Å². The van der Waals surface area contributed by atoms with Crippen LogP contribution in [0.5, 0.6) is 0 Å². The van der Waals surface area contributed by atoms with Gasteiger partial charge in [0.2, 0.25) is 0 Å². The van der Waals surface area contributed by atoms with Crippen molar-refractivity contribution in [1.29, 1.82) is 5.26 Å². The second kappa shape index (κ2) is 8.76. The predicted octanol–water partition coefficient (Wildman–Crippen LogP) is 2.12. The van der Waals surface area contributed by atoms with E-state index in [9.17, 15) is 9.59 Å². The Morgan fingerprint density at radius 2 is 1.95 bits per heavy atom. The van der Waals surface area contributed by atoms with E-state index in [-0.39, 0.29) is 18.8 Å². The first kappa shape index (κ1) is 16.7. The minimum atomic E-state index is -1.54. The lowest BCUT2D eigenvalue weighted by molar-refractivity contribution is -0.168. The number of nitriles is 1. The Kier molecular flexibility index (Phi) is 6.98. The number of thiophene rings is 1. The van der Waals surface area contributed by atoms with Crippen LogP contribution in [0.1, 0.15) is 19.4 Å². The lowest BCUT2D eigenvalue weighted by Gasteiger charge is -2.13. The molecule has 0 saturated heterocycles. The Morgan fingerprint density at radius 3 is 2.38 bits per heavy atom. The van der Waals surface area contributed by atoms with Crippen LogP contribution in [0.15, 0.2) is 23.1 Å². The van der Waals surface area contributed by atoms with E-state index in [2.05, 4.69) is 0 Å². The van der Waals surface area contributed by atoms with Gasteiger partial charge in [-0.05, 0) is 30.7 Å². The van der Waals surface area contributed by atoms with Crippen LogP contribution in [0.2, 0.25) is 0 Å². The summed E-state index contributed by atoms with van der Waals surface area (Å²) >= 11 is 1.42. The molecule has 0 aromatic carbocycles. The van der Waals surface area contributed by atoms with Crippen LogP contribution in [0.25, 0.3) is 5.57 Å². The fourth-order valence-corrected chi connectivity index (χ4v) is 2.01. The van der Waals surface area contributed by atoms with Crippen LogP contribution in [0, 0.1) is 11.3 Å². The minimum Gasteiger partial charge on any atom is -0.473 e. The van der Waals surface area contributed by atoms with E-state index in [4.69, 9.17) is 19.5 Å². The van der Waals surface area contributed by atoms with Crippen molar-refractivity contribution in [2.24, 2.45) is 0 Å². The summed E-state index contributed by atoms with van der Waals surface area (Å²) < 4.78 is 14.6. The van der Waals surface area contributed by atoms with E-state index in [0.717, 1.165) is 6.26 Å². The predicted molar refractivity (Wildman–Crippen MR) is 76.0 cm³/mol. The van der Waals surface area contributed by atoms with Crippen LogP contribution >= 0.6 is 11.3 Å². The molecule has 1 aromatic rings. The van der Waals surface area contributed by atoms with Crippen molar-refractivity contribution < 1.29 is 23.8 Å². The van der Waals surface area contributed by atoms with Crippen molar-refractivity contribution in [2.75, 3.05) is 13.2 Å². The molecule has 0 aliphatic carbocycles. The zero-order valence-corrected chi connectivity index (χ0v) is 12.5. The highest BCUT2D eigenvalue weighted by Gasteiger charge is 2.31. The van der Waals surface area contributed by atoms with Crippen molar-refractivity contribution in [1.82, 2.24) is 0 Å². The molecule has 0 aliphatic heterocycles. The van der Waals surface area contributed by atoms with E-state index in [1.165, 1.54) is 11.3 Å². The Morgan fingerprint density at radius 1 is 1.33 bits per heavy atom. The number of carbonyl (C=O) groups excluding carboxylic acids is 2. The van der Waals surface area contributed by atoms with E-state index >= 15 is 0 Å². The third-order valence-corrected chi connectivity index (χ3v) is 2.96. The van der Waals surface area contributed by atoms with Crippen molar-refractivity contribution in [3.8, 4) is 6.07 Å². The summed E-state index contributed by atoms with van der Waals surface area (Å²) in [6.07, 6.45) is -0.465. The summed E-state index contributed by atoms with van der Waals surface area (Å²) in [5.41, 5.74) is 0.851. The van der Waals surface area contributed by atoms with E-state index in [1.807, 2.05) is 6.07 Å². The molecule has 0 bridgehead atoms. The minimum absolute atomic E-state index is 0.109. The average molecular weight is 309 g/mol. The Hall–Kier alpha value is -2.33. The molecule has 1 heterocycles. The molecule has 0 atom stereocenters. The molecular weight excluding hydrogens is 294 g/mol. The van der Waals surface area contributed by atoms with Gasteiger partial charge in [-0.1, -0.05) is 0 Å². The molecule has 0 amide bonds. The van der Waals surface area contributed by atoms with Gasteiger partial charge in [-0.15, -0.1) is 0 Å². The van der Waals surface area contributed by atoms with Crippen molar-refractivity contribution in [3.05, 3.63) is 28.7 Å². The first-order valence-electron chi connectivity index (χ1n) is 6.25. The molecule has 0 unspecified atom stereocenters. The summed E-state index contributed by atoms with van der Waals surface area (Å²) in [5.74, 6) is -1.70. The average Bonchev–Trinajstić information content (AvgIpc) is 2.98. The standard InChI is InChI=1S/C14H15NO5S/c1-3-18-13(16)12(14(17)19-4-2)20-8-11(7-15)10-5-6-21-9-10/h5-6,8-9,12H,3-4H2,1-2H3/b11-8-. The molecule has 0 N–H and O–H groups in total. The molecule has 1 aromatic heterocycles. The smallest absolute Gasteiger partial charge is 0.359 e. The topological polar surface area (TPSA) is 85.6 Å². The van der Waals surface area contributed by atoms with Crippen LogP contribution in [-0.4, -0.2) is 31.3 Å². The van der Waals surface area contributed by atoms with Crippen LogP contribution in [-0.2, 0) is 23.8 Å². The van der Waals surface area contributed by atoms with Gasteiger partial charge in [-0.25, -0.2) is 9.59 Å². The van der Waals surface area contributed by atoms with Crippen LogP contribution < -0.4 is 0 Å². The maximum atomic E-state index is 11.7. The highest BCUT2D eigenvalue weighted by molar-refractivity contribution is 7.08. The molecule has 0 radical (unpaired) electrons. The molecule has 112 valence electrons. The quantitative estimate of drug-likeness (QED) is 0.332. The third-order valence-electron chi connectivity index (χ3n) is 2.28. The number of carbonyl (C=O) groups is 2. The van der Waals surface area contributed by atoms with Gasteiger partial charge in [0.1, 0.15) is 12.3 Å². The second-order valence-corrected chi connectivity index (χ2v) is 4.46. The van der Waals surface area contributed by atoms with Crippen molar-refractivity contribution in [3.63, 3.8) is 0 Å². The third kappa shape index (κ3) is 4.93. The molecular formula is C14H15NO5S. The highest BCUT2D eigenvalue weighted by atomic mass is 32.1. The lowest BCUT2D eigenvalue weighted by atomic mass is 10.2. The molecule has 1 rings (SSSR count). The largest absolute Gasteiger partial charge is 0.473 e. The summed E-state index contributed by atoms with van der Waals surface area (Å²) in [6.45, 7) is 3.44. The van der Waals surface area contributed by atoms with Gasteiger partial charge < -0.3 is 14.2 Å². The summed E-state index contributed by atoms with van der Waals surface area (Å²) in [4.78, 5) is 23.4. The Bertz CT molecular complexity index is 526. The molecule has 0 fully saturated rings. The number of hydrogen-bond acceptors (Lipinski definition) is 7. The van der Waals surface area contributed by atoms with Gasteiger partial charge >= 0.3 is 11.9 Å². The van der Waals surface area contributed by atoms with Gasteiger partial charge in [0.25, 0.3) is 6.10 Å². The zero-order valence-electron chi connectivity index (χ0n) is 11.7. The van der Waals surface area contributed by atoms with E-state index in [1.54, 1.807) is 30.7 Å².